The third kappa shape index (κ3) is 4.80. The summed E-state index contributed by atoms with van der Waals surface area (Å²) in [6.07, 6.45) is 0. The lowest BCUT2D eigenvalue weighted by Crippen LogP contribution is -2.14. The van der Waals surface area contributed by atoms with Gasteiger partial charge < -0.3 is 10.1 Å². The van der Waals surface area contributed by atoms with Crippen LogP contribution in [0.15, 0.2) is 53.7 Å². The minimum Gasteiger partial charge on any atom is -0.494 e. The maximum atomic E-state index is 13.7. The highest BCUT2D eigenvalue weighted by atomic mass is 32.2. The fourth-order valence-electron chi connectivity index (χ4n) is 2.16. The Morgan fingerprint density at radius 1 is 1.27 bits per heavy atom. The molecule has 3 rings (SSSR count). The van der Waals surface area contributed by atoms with Gasteiger partial charge in [-0.15, -0.1) is 0 Å². The molecule has 26 heavy (non-hydrogen) atoms. The van der Waals surface area contributed by atoms with Crippen molar-refractivity contribution in [2.45, 2.75) is 10.9 Å². The summed E-state index contributed by atoms with van der Waals surface area (Å²) in [6, 6.07) is 14.2. The Balaban J connectivity index is 1.52. The predicted molar refractivity (Wildman–Crippen MR) is 102 cm³/mol. The van der Waals surface area contributed by atoms with Crippen molar-refractivity contribution in [3.63, 3.8) is 0 Å². The van der Waals surface area contributed by atoms with Gasteiger partial charge in [-0.3, -0.25) is 4.79 Å². The number of aromatic nitrogens is 2. The summed E-state index contributed by atoms with van der Waals surface area (Å²) < 4.78 is 22.8. The predicted octanol–water partition coefficient (Wildman–Crippen LogP) is 4.27. The number of nitrogens with zero attached hydrogens (tertiary/aromatic N) is 2. The molecule has 0 unspecified atom stereocenters. The number of halogens is 1. The fourth-order valence-corrected chi connectivity index (χ4v) is 3.65. The highest BCUT2D eigenvalue weighted by Crippen LogP contribution is 2.24. The number of benzene rings is 2. The molecule has 3 aromatic rings. The second-order valence-electron chi connectivity index (χ2n) is 5.28. The molecule has 1 N–H and O–H groups in total. The molecule has 5 nitrogen and oxygen atoms in total. The minimum atomic E-state index is -0.561. The summed E-state index contributed by atoms with van der Waals surface area (Å²) in [5.74, 6) is 0.0916. The molecular weight excluding hydrogens is 373 g/mol. The van der Waals surface area contributed by atoms with Crippen molar-refractivity contribution in [2.24, 2.45) is 0 Å². The normalized spacial score (nSPS) is 10.5. The van der Waals surface area contributed by atoms with Crippen LogP contribution in [0.1, 0.15) is 15.9 Å². The fraction of sp³-hybridized carbons (Fsp3) is 0.167. The molecule has 0 amide bonds. The van der Waals surface area contributed by atoms with Gasteiger partial charge in [-0.05, 0) is 23.8 Å². The van der Waals surface area contributed by atoms with Crippen molar-refractivity contribution in [3.8, 4) is 5.75 Å². The van der Waals surface area contributed by atoms with Crippen LogP contribution in [0.3, 0.4) is 0 Å². The average molecular weight is 389 g/mol. The molecular formula is C18H16FN3O2S2. The monoisotopic (exact) mass is 389 g/mol. The van der Waals surface area contributed by atoms with Crippen molar-refractivity contribution >= 4 is 34.2 Å². The molecule has 2 aromatic carbocycles. The van der Waals surface area contributed by atoms with Crippen LogP contribution in [0.25, 0.3) is 0 Å². The number of carbonyl (C=O) groups is 1. The second-order valence-corrected chi connectivity index (χ2v) is 6.98. The van der Waals surface area contributed by atoms with Gasteiger partial charge in [-0.25, -0.2) is 4.39 Å². The van der Waals surface area contributed by atoms with Crippen LogP contribution in [0, 0.1) is 5.82 Å². The Morgan fingerprint density at radius 3 is 2.81 bits per heavy atom. The summed E-state index contributed by atoms with van der Waals surface area (Å²) >= 11 is 2.72. The number of anilines is 1. The molecule has 0 atom stereocenters. The number of nitrogens with one attached hydrogen (secondary N) is 1. The molecule has 1 aromatic heterocycles. The third-order valence-corrected chi connectivity index (χ3v) is 5.20. The molecule has 0 aliphatic heterocycles. The van der Waals surface area contributed by atoms with Crippen molar-refractivity contribution in [2.75, 3.05) is 19.0 Å². The van der Waals surface area contributed by atoms with Crippen LogP contribution in [-0.4, -0.2) is 28.8 Å². The van der Waals surface area contributed by atoms with E-state index in [1.165, 1.54) is 54.2 Å². The molecule has 0 saturated heterocycles. The number of Topliss-reactive ketones (excluding diaryl/α,β-unsaturated/α-hetero) is 1. The largest absolute Gasteiger partial charge is 0.494 e. The van der Waals surface area contributed by atoms with Gasteiger partial charge in [0.2, 0.25) is 10.3 Å². The van der Waals surface area contributed by atoms with E-state index in [1.807, 2.05) is 30.3 Å². The number of hydrogen-bond donors (Lipinski definition) is 1. The molecule has 0 bridgehead atoms. The summed E-state index contributed by atoms with van der Waals surface area (Å²) in [5, 5.41) is 4.15. The van der Waals surface area contributed by atoms with Gasteiger partial charge in [0.05, 0.1) is 13.7 Å². The maximum absolute atomic E-state index is 13.7. The van der Waals surface area contributed by atoms with E-state index in [2.05, 4.69) is 14.7 Å². The number of rotatable bonds is 8. The number of hydrogen-bond acceptors (Lipinski definition) is 7. The van der Waals surface area contributed by atoms with E-state index in [0.717, 1.165) is 5.75 Å². The third-order valence-electron chi connectivity index (χ3n) is 3.49. The minimum absolute atomic E-state index is 0.0176. The lowest BCUT2D eigenvalue weighted by molar-refractivity contribution is 0.101. The standard InChI is InChI=1S/C18H16FN3O2S2/c1-24-16-8-7-13(9-14(16)19)15(23)10-20-17-21-18(22-26-17)25-11-12-5-3-2-4-6-12/h2-9H,10-11H2,1H3,(H,20,21,22). The van der Waals surface area contributed by atoms with E-state index < -0.39 is 5.82 Å². The Morgan fingerprint density at radius 2 is 2.08 bits per heavy atom. The highest BCUT2D eigenvalue weighted by molar-refractivity contribution is 7.98. The molecule has 0 saturated carbocycles. The second kappa shape index (κ2) is 8.77. The number of ether oxygens (including phenoxy) is 1. The van der Waals surface area contributed by atoms with Gasteiger partial charge in [0, 0.05) is 22.8 Å². The van der Waals surface area contributed by atoms with E-state index >= 15 is 0 Å². The first-order chi connectivity index (χ1) is 12.7. The van der Waals surface area contributed by atoms with Crippen molar-refractivity contribution in [1.29, 1.82) is 0 Å². The molecule has 0 spiro atoms. The zero-order valence-corrected chi connectivity index (χ0v) is 15.6. The summed E-state index contributed by atoms with van der Waals surface area (Å²) in [7, 11) is 1.38. The molecule has 0 aliphatic rings. The van der Waals surface area contributed by atoms with E-state index in [1.54, 1.807) is 0 Å². The first-order valence-electron chi connectivity index (χ1n) is 7.77. The number of thioether (sulfide) groups is 1. The Labute approximate surface area is 158 Å². The van der Waals surface area contributed by atoms with Gasteiger partial charge in [-0.2, -0.15) is 9.36 Å². The quantitative estimate of drug-likeness (QED) is 0.458. The Bertz CT molecular complexity index is 887. The zero-order valence-electron chi connectivity index (χ0n) is 13.9. The van der Waals surface area contributed by atoms with Crippen LogP contribution in [0.2, 0.25) is 0 Å². The number of methoxy groups -OCH3 is 1. The summed E-state index contributed by atoms with van der Waals surface area (Å²) in [5.41, 5.74) is 1.47. The molecule has 8 heteroatoms. The van der Waals surface area contributed by atoms with Crippen LogP contribution >= 0.6 is 23.3 Å². The van der Waals surface area contributed by atoms with E-state index in [-0.39, 0.29) is 23.6 Å². The molecule has 1 heterocycles. The SMILES string of the molecule is COc1ccc(C(=O)CNc2nc(SCc3ccccc3)ns2)cc1F. The van der Waals surface area contributed by atoms with Gasteiger partial charge in [0.15, 0.2) is 17.3 Å². The first kappa shape index (κ1) is 18.3. The van der Waals surface area contributed by atoms with Gasteiger partial charge >= 0.3 is 0 Å². The Kier molecular flexibility index (Phi) is 6.19. The zero-order chi connectivity index (χ0) is 18.4. The lowest BCUT2D eigenvalue weighted by Gasteiger charge is -2.05. The lowest BCUT2D eigenvalue weighted by atomic mass is 10.1. The first-order valence-corrected chi connectivity index (χ1v) is 9.52. The number of ketones is 1. The average Bonchev–Trinajstić information content (AvgIpc) is 3.13. The Hall–Kier alpha value is -2.45. The van der Waals surface area contributed by atoms with Crippen LogP contribution in [0.4, 0.5) is 9.52 Å². The van der Waals surface area contributed by atoms with E-state index in [4.69, 9.17) is 4.74 Å². The molecule has 134 valence electrons. The van der Waals surface area contributed by atoms with Crippen molar-refractivity contribution in [3.05, 3.63) is 65.5 Å². The number of carbonyl (C=O) groups excluding carboxylic acids is 1. The molecule has 0 aliphatic carbocycles. The molecule has 0 radical (unpaired) electrons. The van der Waals surface area contributed by atoms with Crippen molar-refractivity contribution < 1.29 is 13.9 Å². The van der Waals surface area contributed by atoms with Crippen LogP contribution in [-0.2, 0) is 5.75 Å². The van der Waals surface area contributed by atoms with E-state index in [9.17, 15) is 9.18 Å². The highest BCUT2D eigenvalue weighted by Gasteiger charge is 2.11. The van der Waals surface area contributed by atoms with Gasteiger partial charge in [0.25, 0.3) is 0 Å². The summed E-state index contributed by atoms with van der Waals surface area (Å²) in [4.78, 5) is 16.5. The van der Waals surface area contributed by atoms with Crippen LogP contribution < -0.4 is 10.1 Å². The summed E-state index contributed by atoms with van der Waals surface area (Å²) in [6.45, 7) is 0.0176. The van der Waals surface area contributed by atoms with Crippen LogP contribution in [0.5, 0.6) is 5.75 Å². The smallest absolute Gasteiger partial charge is 0.203 e. The topological polar surface area (TPSA) is 64.1 Å². The molecule has 0 fully saturated rings. The maximum Gasteiger partial charge on any atom is 0.203 e. The van der Waals surface area contributed by atoms with Gasteiger partial charge in [0.1, 0.15) is 0 Å². The van der Waals surface area contributed by atoms with Gasteiger partial charge in [-0.1, -0.05) is 42.1 Å². The van der Waals surface area contributed by atoms with E-state index in [0.29, 0.717) is 10.3 Å². The van der Waals surface area contributed by atoms with Crippen molar-refractivity contribution in [1.82, 2.24) is 9.36 Å².